The van der Waals surface area contributed by atoms with Crippen molar-refractivity contribution in [2.45, 2.75) is 19.5 Å². The number of para-hydroxylation sites is 1. The van der Waals surface area contributed by atoms with Crippen molar-refractivity contribution in [1.82, 2.24) is 0 Å². The van der Waals surface area contributed by atoms with Gasteiger partial charge >= 0.3 is 5.63 Å². The third kappa shape index (κ3) is 2.84. The highest BCUT2D eigenvalue weighted by Crippen LogP contribution is 2.18. The molecule has 90 valence electrons. The van der Waals surface area contributed by atoms with E-state index in [-0.39, 0.29) is 12.4 Å². The maximum atomic E-state index is 13.3. The Bertz CT molecular complexity index is 581. The number of rotatable bonds is 3. The minimum Gasteiger partial charge on any atom is -0.483 e. The number of alkyl halides is 1. The second-order valence-electron chi connectivity index (χ2n) is 4.44. The Labute approximate surface area is 97.8 Å². The van der Waals surface area contributed by atoms with Gasteiger partial charge in [0.1, 0.15) is 17.9 Å². The summed E-state index contributed by atoms with van der Waals surface area (Å²) < 4.78 is 23.4. The number of fused-ring (bicyclic) bond motifs is 1. The molecule has 2 rings (SSSR count). The molecule has 17 heavy (non-hydrogen) atoms. The van der Waals surface area contributed by atoms with Crippen molar-refractivity contribution in [3.8, 4) is 5.75 Å². The van der Waals surface area contributed by atoms with E-state index in [1.165, 1.54) is 13.8 Å². The van der Waals surface area contributed by atoms with Crippen LogP contribution < -0.4 is 10.4 Å². The van der Waals surface area contributed by atoms with Crippen LogP contribution in [-0.4, -0.2) is 12.3 Å². The zero-order valence-corrected chi connectivity index (χ0v) is 9.70. The lowest BCUT2D eigenvalue weighted by Gasteiger charge is -2.14. The van der Waals surface area contributed by atoms with E-state index in [2.05, 4.69) is 0 Å². The summed E-state index contributed by atoms with van der Waals surface area (Å²) in [6.07, 6.45) is 0. The molecular formula is C13H13FO3. The smallest absolute Gasteiger partial charge is 0.379 e. The molecule has 0 unspecified atom stereocenters. The number of ether oxygens (including phenoxy) is 1. The lowest BCUT2D eigenvalue weighted by atomic mass is 10.2. The summed E-state index contributed by atoms with van der Waals surface area (Å²) in [4.78, 5) is 11.5. The topological polar surface area (TPSA) is 39.4 Å². The fraction of sp³-hybridized carbons (Fsp3) is 0.308. The fourth-order valence-electron chi connectivity index (χ4n) is 1.39. The molecule has 0 amide bonds. The van der Waals surface area contributed by atoms with Crippen molar-refractivity contribution in [3.63, 3.8) is 0 Å². The Kier molecular flexibility index (Phi) is 2.88. The summed E-state index contributed by atoms with van der Waals surface area (Å²) in [5.74, 6) is 0.0365. The van der Waals surface area contributed by atoms with Gasteiger partial charge in [-0.05, 0) is 26.0 Å². The van der Waals surface area contributed by atoms with Crippen LogP contribution in [0.2, 0.25) is 0 Å². The van der Waals surface area contributed by atoms with Crippen LogP contribution in [0.3, 0.4) is 0 Å². The molecule has 0 aliphatic heterocycles. The molecule has 0 N–H and O–H groups in total. The Morgan fingerprint density at radius 3 is 2.76 bits per heavy atom. The standard InChI is InChI=1S/C13H13FO3/c1-13(2,14)8-16-11-7-9-5-3-4-6-10(9)17-12(11)15/h3-7H,8H2,1-2H3. The van der Waals surface area contributed by atoms with Crippen molar-refractivity contribution in [2.24, 2.45) is 0 Å². The van der Waals surface area contributed by atoms with Crippen molar-refractivity contribution >= 4 is 11.0 Å². The van der Waals surface area contributed by atoms with E-state index in [0.717, 1.165) is 5.39 Å². The van der Waals surface area contributed by atoms with Gasteiger partial charge in [-0.25, -0.2) is 9.18 Å². The molecule has 0 aliphatic rings. The van der Waals surface area contributed by atoms with E-state index < -0.39 is 11.3 Å². The van der Waals surface area contributed by atoms with Gasteiger partial charge < -0.3 is 9.15 Å². The minimum absolute atomic E-state index is 0.0365. The summed E-state index contributed by atoms with van der Waals surface area (Å²) in [6, 6.07) is 8.65. The molecule has 0 bridgehead atoms. The molecule has 0 saturated heterocycles. The van der Waals surface area contributed by atoms with Crippen LogP contribution in [0, 0.1) is 0 Å². The minimum atomic E-state index is -1.49. The van der Waals surface area contributed by atoms with E-state index in [1.54, 1.807) is 24.3 Å². The molecule has 1 heterocycles. The lowest BCUT2D eigenvalue weighted by molar-refractivity contribution is 0.118. The number of halogens is 1. The van der Waals surface area contributed by atoms with Crippen LogP contribution in [0.15, 0.2) is 39.5 Å². The SMILES string of the molecule is CC(C)(F)COc1cc2ccccc2oc1=O. The molecule has 1 aromatic carbocycles. The first-order valence-electron chi connectivity index (χ1n) is 5.30. The van der Waals surface area contributed by atoms with Gasteiger partial charge in [-0.1, -0.05) is 18.2 Å². The van der Waals surface area contributed by atoms with E-state index in [4.69, 9.17) is 9.15 Å². The van der Waals surface area contributed by atoms with E-state index in [1.807, 2.05) is 6.07 Å². The summed E-state index contributed by atoms with van der Waals surface area (Å²) in [7, 11) is 0. The second-order valence-corrected chi connectivity index (χ2v) is 4.44. The van der Waals surface area contributed by atoms with E-state index >= 15 is 0 Å². The number of hydrogen-bond acceptors (Lipinski definition) is 3. The Hall–Kier alpha value is -1.84. The summed E-state index contributed by atoms with van der Waals surface area (Å²) >= 11 is 0. The third-order valence-electron chi connectivity index (χ3n) is 2.18. The summed E-state index contributed by atoms with van der Waals surface area (Å²) in [5, 5.41) is 0.749. The Morgan fingerprint density at radius 2 is 2.06 bits per heavy atom. The molecular weight excluding hydrogens is 223 g/mol. The maximum absolute atomic E-state index is 13.3. The van der Waals surface area contributed by atoms with Gasteiger partial charge in [0.05, 0.1) is 0 Å². The zero-order valence-electron chi connectivity index (χ0n) is 9.70. The number of hydrogen-bond donors (Lipinski definition) is 0. The molecule has 1 aromatic heterocycles. The van der Waals surface area contributed by atoms with Crippen LogP contribution in [0.5, 0.6) is 5.75 Å². The predicted molar refractivity (Wildman–Crippen MR) is 63.2 cm³/mol. The molecule has 0 aliphatic carbocycles. The van der Waals surface area contributed by atoms with E-state index in [9.17, 15) is 9.18 Å². The molecule has 3 nitrogen and oxygen atoms in total. The normalized spacial score (nSPS) is 11.7. The maximum Gasteiger partial charge on any atom is 0.379 e. The van der Waals surface area contributed by atoms with Crippen LogP contribution in [-0.2, 0) is 0 Å². The fourth-order valence-corrected chi connectivity index (χ4v) is 1.39. The van der Waals surface area contributed by atoms with Crippen LogP contribution in [0.1, 0.15) is 13.8 Å². The summed E-state index contributed by atoms with van der Waals surface area (Å²) in [6.45, 7) is 2.58. The van der Waals surface area contributed by atoms with Gasteiger partial charge in [-0.2, -0.15) is 0 Å². The van der Waals surface area contributed by atoms with Gasteiger partial charge in [0.25, 0.3) is 0 Å². The Morgan fingerprint density at radius 1 is 1.35 bits per heavy atom. The van der Waals surface area contributed by atoms with Crippen molar-refractivity contribution in [2.75, 3.05) is 6.61 Å². The lowest BCUT2D eigenvalue weighted by Crippen LogP contribution is -2.24. The first-order chi connectivity index (χ1) is 7.96. The van der Waals surface area contributed by atoms with Crippen molar-refractivity contribution in [1.29, 1.82) is 0 Å². The number of benzene rings is 1. The van der Waals surface area contributed by atoms with Crippen molar-refractivity contribution in [3.05, 3.63) is 40.8 Å². The monoisotopic (exact) mass is 236 g/mol. The molecule has 0 radical (unpaired) electrons. The zero-order chi connectivity index (χ0) is 12.5. The van der Waals surface area contributed by atoms with Crippen LogP contribution in [0.4, 0.5) is 4.39 Å². The first-order valence-corrected chi connectivity index (χ1v) is 5.30. The highest BCUT2D eigenvalue weighted by Gasteiger charge is 2.17. The summed E-state index contributed by atoms with van der Waals surface area (Å²) in [5.41, 5.74) is -1.59. The van der Waals surface area contributed by atoms with Gasteiger partial charge in [0, 0.05) is 5.39 Å². The second kappa shape index (κ2) is 4.20. The van der Waals surface area contributed by atoms with Gasteiger partial charge in [0.2, 0.25) is 5.75 Å². The molecule has 0 spiro atoms. The van der Waals surface area contributed by atoms with Crippen LogP contribution >= 0.6 is 0 Å². The largest absolute Gasteiger partial charge is 0.483 e. The predicted octanol–water partition coefficient (Wildman–Crippen LogP) is 2.92. The average molecular weight is 236 g/mol. The first kappa shape index (κ1) is 11.6. The Balaban J connectivity index is 2.35. The molecule has 0 fully saturated rings. The van der Waals surface area contributed by atoms with Crippen molar-refractivity contribution < 1.29 is 13.5 Å². The molecule has 4 heteroatoms. The van der Waals surface area contributed by atoms with Gasteiger partial charge in [-0.3, -0.25) is 0 Å². The molecule has 0 saturated carbocycles. The quantitative estimate of drug-likeness (QED) is 0.769. The molecule has 2 aromatic rings. The molecule has 0 atom stereocenters. The van der Waals surface area contributed by atoms with Gasteiger partial charge in [0.15, 0.2) is 0 Å². The average Bonchev–Trinajstić information content (AvgIpc) is 2.25. The van der Waals surface area contributed by atoms with Crippen LogP contribution in [0.25, 0.3) is 11.0 Å². The third-order valence-corrected chi connectivity index (χ3v) is 2.18. The van der Waals surface area contributed by atoms with Gasteiger partial charge in [-0.15, -0.1) is 0 Å². The highest BCUT2D eigenvalue weighted by atomic mass is 19.1. The highest BCUT2D eigenvalue weighted by molar-refractivity contribution is 5.77. The van der Waals surface area contributed by atoms with E-state index in [0.29, 0.717) is 5.58 Å².